The maximum atomic E-state index is 11.1. The van der Waals surface area contributed by atoms with E-state index >= 15 is 0 Å². The molecule has 0 heterocycles. The molecule has 0 spiro atoms. The molecule has 0 aliphatic heterocycles. The third kappa shape index (κ3) is 3.66. The maximum absolute atomic E-state index is 11.1. The first-order valence-corrected chi connectivity index (χ1v) is 5.35. The van der Waals surface area contributed by atoms with Gasteiger partial charge in [-0.1, -0.05) is 20.3 Å². The van der Waals surface area contributed by atoms with Crippen LogP contribution in [0.4, 0.5) is 0 Å². The van der Waals surface area contributed by atoms with Gasteiger partial charge in [-0.3, -0.25) is 4.79 Å². The highest BCUT2D eigenvalue weighted by molar-refractivity contribution is 5.74. The van der Waals surface area contributed by atoms with Crippen molar-refractivity contribution in [3.63, 3.8) is 0 Å². The molecule has 0 rings (SSSR count). The van der Waals surface area contributed by atoms with Gasteiger partial charge in [0.1, 0.15) is 0 Å². The highest BCUT2D eigenvalue weighted by atomic mass is 16.5. The molecule has 1 N–H and O–H groups in total. The highest BCUT2D eigenvalue weighted by Crippen LogP contribution is 2.32. The van der Waals surface area contributed by atoms with Crippen molar-refractivity contribution in [1.82, 2.24) is 0 Å². The van der Waals surface area contributed by atoms with Gasteiger partial charge in [0, 0.05) is 13.7 Å². The average Bonchev–Trinajstić information content (AvgIpc) is 2.18. The summed E-state index contributed by atoms with van der Waals surface area (Å²) in [4.78, 5) is 11.1. The van der Waals surface area contributed by atoms with E-state index < -0.39 is 11.4 Å². The van der Waals surface area contributed by atoms with Crippen molar-refractivity contribution in [3.05, 3.63) is 0 Å². The Kier molecular flexibility index (Phi) is 6.54. The van der Waals surface area contributed by atoms with Crippen molar-refractivity contribution in [2.24, 2.45) is 5.41 Å². The van der Waals surface area contributed by atoms with Gasteiger partial charge in [-0.15, -0.1) is 0 Å². The van der Waals surface area contributed by atoms with Crippen LogP contribution in [0.25, 0.3) is 0 Å². The second-order valence-corrected chi connectivity index (χ2v) is 3.74. The molecule has 0 aromatic rings. The summed E-state index contributed by atoms with van der Waals surface area (Å²) >= 11 is 0. The quantitative estimate of drug-likeness (QED) is 0.615. The summed E-state index contributed by atoms with van der Waals surface area (Å²) < 4.78 is 4.94. The lowest BCUT2D eigenvalue weighted by molar-refractivity contribution is -0.150. The van der Waals surface area contributed by atoms with Crippen LogP contribution in [0.1, 0.15) is 46.0 Å². The number of hydrogen-bond donors (Lipinski definition) is 1. The van der Waals surface area contributed by atoms with Crippen LogP contribution in [-0.4, -0.2) is 24.8 Å². The Hall–Kier alpha value is -0.570. The number of ether oxygens (including phenoxy) is 1. The lowest BCUT2D eigenvalue weighted by atomic mass is 9.78. The number of carboxylic acid groups (broad SMARTS) is 1. The van der Waals surface area contributed by atoms with E-state index in [0.29, 0.717) is 12.8 Å². The fourth-order valence-corrected chi connectivity index (χ4v) is 1.72. The normalized spacial score (nSPS) is 11.6. The molecule has 3 heteroatoms. The number of unbranched alkanes of at least 4 members (excludes halogenated alkanes) is 1. The topological polar surface area (TPSA) is 46.5 Å². The SMILES string of the molecule is CCC(CC)(CCCCOC)C(=O)O. The van der Waals surface area contributed by atoms with Gasteiger partial charge in [-0.05, 0) is 25.7 Å². The Morgan fingerprint density at radius 3 is 2.21 bits per heavy atom. The molecule has 0 bridgehead atoms. The largest absolute Gasteiger partial charge is 0.481 e. The van der Waals surface area contributed by atoms with Crippen molar-refractivity contribution in [2.45, 2.75) is 46.0 Å². The summed E-state index contributed by atoms with van der Waals surface area (Å²) in [5, 5.41) is 9.15. The van der Waals surface area contributed by atoms with Gasteiger partial charge in [0.15, 0.2) is 0 Å². The Morgan fingerprint density at radius 2 is 1.86 bits per heavy atom. The number of carbonyl (C=O) groups is 1. The summed E-state index contributed by atoms with van der Waals surface area (Å²) in [5.41, 5.74) is -0.506. The zero-order chi connectivity index (χ0) is 11.0. The van der Waals surface area contributed by atoms with E-state index in [-0.39, 0.29) is 0 Å². The van der Waals surface area contributed by atoms with Gasteiger partial charge < -0.3 is 9.84 Å². The number of carboxylic acids is 1. The fourth-order valence-electron chi connectivity index (χ4n) is 1.72. The van der Waals surface area contributed by atoms with Crippen LogP contribution >= 0.6 is 0 Å². The molecule has 3 nitrogen and oxygen atoms in total. The monoisotopic (exact) mass is 202 g/mol. The Labute approximate surface area is 86.5 Å². The van der Waals surface area contributed by atoms with E-state index in [0.717, 1.165) is 25.9 Å². The molecule has 0 atom stereocenters. The van der Waals surface area contributed by atoms with E-state index in [1.807, 2.05) is 13.8 Å². The molecule has 0 aromatic heterocycles. The summed E-state index contributed by atoms with van der Waals surface area (Å²) in [6, 6.07) is 0. The minimum Gasteiger partial charge on any atom is -0.481 e. The highest BCUT2D eigenvalue weighted by Gasteiger charge is 2.33. The molecule has 0 radical (unpaired) electrons. The van der Waals surface area contributed by atoms with Crippen LogP contribution < -0.4 is 0 Å². The molecule has 0 unspecified atom stereocenters. The van der Waals surface area contributed by atoms with E-state index in [4.69, 9.17) is 9.84 Å². The van der Waals surface area contributed by atoms with Crippen molar-refractivity contribution >= 4 is 5.97 Å². The molecule has 14 heavy (non-hydrogen) atoms. The maximum Gasteiger partial charge on any atom is 0.309 e. The molecular formula is C11H22O3. The standard InChI is InChI=1S/C11H22O3/c1-4-11(5-2,10(12)13)8-6-7-9-14-3/h4-9H2,1-3H3,(H,12,13). The molecular weight excluding hydrogens is 180 g/mol. The summed E-state index contributed by atoms with van der Waals surface area (Å²) in [7, 11) is 1.67. The van der Waals surface area contributed by atoms with Crippen molar-refractivity contribution in [3.8, 4) is 0 Å². The third-order valence-corrected chi connectivity index (χ3v) is 3.06. The number of hydrogen-bond acceptors (Lipinski definition) is 2. The van der Waals surface area contributed by atoms with Crippen LogP contribution in [0.2, 0.25) is 0 Å². The van der Waals surface area contributed by atoms with E-state index in [2.05, 4.69) is 0 Å². The second kappa shape index (κ2) is 6.82. The second-order valence-electron chi connectivity index (χ2n) is 3.74. The van der Waals surface area contributed by atoms with Gasteiger partial charge in [0.25, 0.3) is 0 Å². The summed E-state index contributed by atoms with van der Waals surface area (Å²) in [6.07, 6.45) is 4.07. The molecule has 0 amide bonds. The van der Waals surface area contributed by atoms with Crippen LogP contribution in [0.5, 0.6) is 0 Å². The first-order chi connectivity index (χ1) is 6.63. The van der Waals surface area contributed by atoms with Crippen LogP contribution in [0.15, 0.2) is 0 Å². The first kappa shape index (κ1) is 13.4. The van der Waals surface area contributed by atoms with Gasteiger partial charge in [-0.25, -0.2) is 0 Å². The summed E-state index contributed by atoms with van der Waals surface area (Å²) in [5.74, 6) is -0.653. The first-order valence-electron chi connectivity index (χ1n) is 5.35. The number of methoxy groups -OCH3 is 1. The molecule has 0 fully saturated rings. The van der Waals surface area contributed by atoms with E-state index in [1.54, 1.807) is 7.11 Å². The van der Waals surface area contributed by atoms with Crippen LogP contribution in [0, 0.1) is 5.41 Å². The smallest absolute Gasteiger partial charge is 0.309 e. The lowest BCUT2D eigenvalue weighted by Gasteiger charge is -2.26. The van der Waals surface area contributed by atoms with Crippen LogP contribution in [0.3, 0.4) is 0 Å². The molecule has 0 aliphatic rings. The number of rotatable bonds is 8. The third-order valence-electron chi connectivity index (χ3n) is 3.06. The predicted molar refractivity (Wildman–Crippen MR) is 56.4 cm³/mol. The zero-order valence-corrected chi connectivity index (χ0v) is 9.51. The van der Waals surface area contributed by atoms with Gasteiger partial charge in [0.2, 0.25) is 0 Å². The molecule has 84 valence electrons. The molecule has 0 aromatic carbocycles. The van der Waals surface area contributed by atoms with Gasteiger partial charge in [0.05, 0.1) is 5.41 Å². The van der Waals surface area contributed by atoms with Gasteiger partial charge >= 0.3 is 5.97 Å². The van der Waals surface area contributed by atoms with Crippen molar-refractivity contribution in [1.29, 1.82) is 0 Å². The fraction of sp³-hybridized carbons (Fsp3) is 0.909. The summed E-state index contributed by atoms with van der Waals surface area (Å²) in [6.45, 7) is 4.63. The predicted octanol–water partition coefficient (Wildman–Crippen LogP) is 2.69. The lowest BCUT2D eigenvalue weighted by Crippen LogP contribution is -2.29. The van der Waals surface area contributed by atoms with Gasteiger partial charge in [-0.2, -0.15) is 0 Å². The van der Waals surface area contributed by atoms with Crippen molar-refractivity contribution in [2.75, 3.05) is 13.7 Å². The average molecular weight is 202 g/mol. The van der Waals surface area contributed by atoms with Crippen molar-refractivity contribution < 1.29 is 14.6 Å². The Bertz CT molecular complexity index is 162. The Morgan fingerprint density at radius 1 is 1.29 bits per heavy atom. The Balaban J connectivity index is 4.02. The molecule has 0 aliphatic carbocycles. The zero-order valence-electron chi connectivity index (χ0n) is 9.51. The molecule has 0 saturated carbocycles. The number of aliphatic carboxylic acids is 1. The molecule has 0 saturated heterocycles. The van der Waals surface area contributed by atoms with Crippen LogP contribution in [-0.2, 0) is 9.53 Å². The minimum atomic E-state index is -0.653. The van der Waals surface area contributed by atoms with E-state index in [1.165, 1.54) is 0 Å². The van der Waals surface area contributed by atoms with E-state index in [9.17, 15) is 4.79 Å². The minimum absolute atomic E-state index is 0.506.